The molecule has 0 amide bonds. The van der Waals surface area contributed by atoms with Crippen molar-refractivity contribution in [3.63, 3.8) is 0 Å². The van der Waals surface area contributed by atoms with Gasteiger partial charge in [0, 0.05) is 6.54 Å². The number of nitrogens with one attached hydrogen (secondary N) is 1. The maximum Gasteiger partial charge on any atom is 0.119 e. The van der Waals surface area contributed by atoms with Gasteiger partial charge in [0.1, 0.15) is 12.4 Å². The maximum absolute atomic E-state index is 5.77. The molecule has 0 spiro atoms. The summed E-state index contributed by atoms with van der Waals surface area (Å²) in [5.74, 6) is 0.901. The maximum atomic E-state index is 5.77. The van der Waals surface area contributed by atoms with Crippen molar-refractivity contribution in [3.8, 4) is 5.75 Å². The number of para-hydroxylation sites is 1. The summed E-state index contributed by atoms with van der Waals surface area (Å²) in [7, 11) is 0. The van der Waals surface area contributed by atoms with Crippen LogP contribution in [0.15, 0.2) is 30.3 Å². The molecule has 1 rings (SSSR count). The van der Waals surface area contributed by atoms with Crippen molar-refractivity contribution in [1.29, 1.82) is 0 Å². The van der Waals surface area contributed by atoms with Gasteiger partial charge in [0.25, 0.3) is 0 Å². The van der Waals surface area contributed by atoms with E-state index in [2.05, 4.69) is 19.2 Å². The Morgan fingerprint density at radius 2 is 1.89 bits per heavy atom. The number of rotatable bonds is 10. The van der Waals surface area contributed by atoms with Crippen LogP contribution in [0.1, 0.15) is 26.7 Å². The van der Waals surface area contributed by atoms with Gasteiger partial charge >= 0.3 is 0 Å². The molecule has 0 heterocycles. The van der Waals surface area contributed by atoms with E-state index in [0.29, 0.717) is 13.2 Å². The van der Waals surface area contributed by atoms with Crippen molar-refractivity contribution in [2.45, 2.75) is 32.8 Å². The first-order valence-corrected chi connectivity index (χ1v) is 6.87. The standard InChI is InChI=1S/C15H25NO2/c1-3-10-16-13-14(4-2)17-11-12-18-15-8-6-5-7-9-15/h5-9,14,16H,3-4,10-13H2,1-2H3. The fourth-order valence-corrected chi connectivity index (χ4v) is 1.65. The SMILES string of the molecule is CCCNCC(CC)OCCOc1ccccc1. The molecule has 0 aliphatic carbocycles. The van der Waals surface area contributed by atoms with Gasteiger partial charge in [0.15, 0.2) is 0 Å². The molecule has 1 unspecified atom stereocenters. The molecule has 1 atom stereocenters. The number of hydrogen-bond donors (Lipinski definition) is 1. The lowest BCUT2D eigenvalue weighted by molar-refractivity contribution is 0.0321. The summed E-state index contributed by atoms with van der Waals surface area (Å²) in [6, 6.07) is 9.84. The molecule has 0 fully saturated rings. The normalized spacial score (nSPS) is 12.3. The van der Waals surface area contributed by atoms with E-state index in [4.69, 9.17) is 9.47 Å². The molecule has 102 valence electrons. The Labute approximate surface area is 110 Å². The van der Waals surface area contributed by atoms with Gasteiger partial charge in [-0.25, -0.2) is 0 Å². The van der Waals surface area contributed by atoms with Crippen LogP contribution < -0.4 is 10.1 Å². The van der Waals surface area contributed by atoms with E-state index >= 15 is 0 Å². The Morgan fingerprint density at radius 1 is 1.11 bits per heavy atom. The van der Waals surface area contributed by atoms with Gasteiger partial charge in [-0.2, -0.15) is 0 Å². The minimum Gasteiger partial charge on any atom is -0.491 e. The first-order valence-electron chi connectivity index (χ1n) is 6.87. The highest BCUT2D eigenvalue weighted by atomic mass is 16.5. The van der Waals surface area contributed by atoms with Gasteiger partial charge in [-0.05, 0) is 31.5 Å². The van der Waals surface area contributed by atoms with E-state index in [9.17, 15) is 0 Å². The Bertz CT molecular complexity index is 290. The summed E-state index contributed by atoms with van der Waals surface area (Å²) in [5.41, 5.74) is 0. The van der Waals surface area contributed by atoms with Gasteiger partial charge in [-0.3, -0.25) is 0 Å². The molecule has 0 aliphatic heterocycles. The lowest BCUT2D eigenvalue weighted by Gasteiger charge is -2.17. The summed E-state index contributed by atoms with van der Waals surface area (Å²) in [4.78, 5) is 0. The minimum atomic E-state index is 0.288. The fourth-order valence-electron chi connectivity index (χ4n) is 1.65. The molecule has 0 aliphatic rings. The predicted octanol–water partition coefficient (Wildman–Crippen LogP) is 2.86. The first-order chi connectivity index (χ1) is 8.86. The van der Waals surface area contributed by atoms with Crippen molar-refractivity contribution in [2.75, 3.05) is 26.3 Å². The number of ether oxygens (including phenoxy) is 2. The van der Waals surface area contributed by atoms with Gasteiger partial charge in [0.05, 0.1) is 12.7 Å². The Morgan fingerprint density at radius 3 is 2.56 bits per heavy atom. The van der Waals surface area contributed by atoms with Crippen LogP contribution in [0.25, 0.3) is 0 Å². The van der Waals surface area contributed by atoms with E-state index in [-0.39, 0.29) is 6.10 Å². The highest BCUT2D eigenvalue weighted by Crippen LogP contribution is 2.08. The molecular weight excluding hydrogens is 226 g/mol. The van der Waals surface area contributed by atoms with Crippen LogP contribution >= 0.6 is 0 Å². The highest BCUT2D eigenvalue weighted by Gasteiger charge is 2.05. The van der Waals surface area contributed by atoms with Crippen molar-refractivity contribution in [2.24, 2.45) is 0 Å². The summed E-state index contributed by atoms with van der Waals surface area (Å²) in [6.07, 6.45) is 2.48. The van der Waals surface area contributed by atoms with Crippen molar-refractivity contribution in [3.05, 3.63) is 30.3 Å². The monoisotopic (exact) mass is 251 g/mol. The van der Waals surface area contributed by atoms with E-state index in [1.807, 2.05) is 30.3 Å². The van der Waals surface area contributed by atoms with Gasteiger partial charge < -0.3 is 14.8 Å². The van der Waals surface area contributed by atoms with Crippen LogP contribution in [0.5, 0.6) is 5.75 Å². The lowest BCUT2D eigenvalue weighted by atomic mass is 10.2. The second kappa shape index (κ2) is 9.92. The smallest absolute Gasteiger partial charge is 0.119 e. The highest BCUT2D eigenvalue weighted by molar-refractivity contribution is 5.20. The lowest BCUT2D eigenvalue weighted by Crippen LogP contribution is -2.30. The van der Waals surface area contributed by atoms with Crippen LogP contribution in [0.4, 0.5) is 0 Å². The average Bonchev–Trinajstić information content (AvgIpc) is 2.43. The molecule has 0 saturated heterocycles. The van der Waals surface area contributed by atoms with Gasteiger partial charge in [0.2, 0.25) is 0 Å². The molecule has 3 nitrogen and oxygen atoms in total. The van der Waals surface area contributed by atoms with Crippen LogP contribution in [0.3, 0.4) is 0 Å². The molecule has 0 aromatic heterocycles. The zero-order valence-electron chi connectivity index (χ0n) is 11.5. The van der Waals surface area contributed by atoms with E-state index in [1.54, 1.807) is 0 Å². The molecule has 0 radical (unpaired) electrons. The van der Waals surface area contributed by atoms with Crippen molar-refractivity contribution >= 4 is 0 Å². The van der Waals surface area contributed by atoms with Crippen LogP contribution in [-0.4, -0.2) is 32.4 Å². The molecular formula is C15H25NO2. The largest absolute Gasteiger partial charge is 0.491 e. The number of hydrogen-bond acceptors (Lipinski definition) is 3. The van der Waals surface area contributed by atoms with Crippen LogP contribution in [-0.2, 0) is 4.74 Å². The third-order valence-electron chi connectivity index (χ3n) is 2.70. The van der Waals surface area contributed by atoms with E-state index in [0.717, 1.165) is 31.7 Å². The summed E-state index contributed by atoms with van der Waals surface area (Å²) < 4.78 is 11.4. The molecule has 0 saturated carbocycles. The topological polar surface area (TPSA) is 30.5 Å². The zero-order chi connectivity index (χ0) is 13.1. The fraction of sp³-hybridized carbons (Fsp3) is 0.600. The molecule has 1 aromatic rings. The summed E-state index contributed by atoms with van der Waals surface area (Å²) in [6.45, 7) is 7.55. The Balaban J connectivity index is 2.08. The van der Waals surface area contributed by atoms with Gasteiger partial charge in [-0.15, -0.1) is 0 Å². The zero-order valence-corrected chi connectivity index (χ0v) is 11.5. The van der Waals surface area contributed by atoms with Crippen molar-refractivity contribution < 1.29 is 9.47 Å². The third-order valence-corrected chi connectivity index (χ3v) is 2.70. The molecule has 0 bridgehead atoms. The van der Waals surface area contributed by atoms with Crippen molar-refractivity contribution in [1.82, 2.24) is 5.32 Å². The minimum absolute atomic E-state index is 0.288. The van der Waals surface area contributed by atoms with Gasteiger partial charge in [-0.1, -0.05) is 32.0 Å². The molecule has 18 heavy (non-hydrogen) atoms. The summed E-state index contributed by atoms with van der Waals surface area (Å²) in [5, 5.41) is 3.38. The summed E-state index contributed by atoms with van der Waals surface area (Å²) >= 11 is 0. The molecule has 3 heteroatoms. The Hall–Kier alpha value is -1.06. The first kappa shape index (κ1) is 15.0. The van der Waals surface area contributed by atoms with Crippen LogP contribution in [0, 0.1) is 0 Å². The van der Waals surface area contributed by atoms with E-state index in [1.165, 1.54) is 0 Å². The second-order valence-electron chi connectivity index (χ2n) is 4.27. The molecule has 1 N–H and O–H groups in total. The number of benzene rings is 1. The average molecular weight is 251 g/mol. The second-order valence-corrected chi connectivity index (χ2v) is 4.27. The van der Waals surface area contributed by atoms with E-state index < -0.39 is 0 Å². The quantitative estimate of drug-likeness (QED) is 0.649. The third kappa shape index (κ3) is 6.62. The molecule has 1 aromatic carbocycles. The van der Waals surface area contributed by atoms with Crippen LogP contribution in [0.2, 0.25) is 0 Å². The predicted molar refractivity (Wildman–Crippen MR) is 75.1 cm³/mol. The Kier molecular flexibility index (Phi) is 8.26.